The summed E-state index contributed by atoms with van der Waals surface area (Å²) in [5.41, 5.74) is 2.78. The fourth-order valence-corrected chi connectivity index (χ4v) is 2.70. The van der Waals surface area contributed by atoms with Crippen LogP contribution in [0.25, 0.3) is 6.08 Å². The second-order valence-electron chi connectivity index (χ2n) is 6.24. The number of nitriles is 1. The molecule has 0 aromatic heterocycles. The second kappa shape index (κ2) is 7.76. The van der Waals surface area contributed by atoms with Crippen LogP contribution in [-0.2, 0) is 9.59 Å². The van der Waals surface area contributed by atoms with E-state index in [2.05, 4.69) is 5.32 Å². The molecule has 2 aromatic rings. The first-order valence-corrected chi connectivity index (χ1v) is 8.49. The molecule has 3 rings (SSSR count). The third-order valence-corrected chi connectivity index (χ3v) is 4.34. The molecule has 1 N–H and O–H groups in total. The molecule has 7 nitrogen and oxygen atoms in total. The minimum absolute atomic E-state index is 0.0750. The van der Waals surface area contributed by atoms with Crippen molar-refractivity contribution in [2.75, 3.05) is 11.5 Å². The number of hydrogen-bond acceptors (Lipinski definition) is 5. The second-order valence-corrected chi connectivity index (χ2v) is 6.24. The van der Waals surface area contributed by atoms with Gasteiger partial charge in [-0.2, -0.15) is 5.26 Å². The number of barbiturate groups is 1. The Bertz CT molecular complexity index is 1030. The first-order chi connectivity index (χ1) is 13.4. The number of carbonyl (C=O) groups excluding carboxylic acids is 3. The van der Waals surface area contributed by atoms with Gasteiger partial charge < -0.3 is 4.74 Å². The molecule has 28 heavy (non-hydrogen) atoms. The Hall–Kier alpha value is -3.92. The molecule has 0 saturated carbocycles. The molecule has 1 aliphatic heterocycles. The molecule has 2 aromatic carbocycles. The Kier molecular flexibility index (Phi) is 5.23. The predicted octanol–water partition coefficient (Wildman–Crippen LogP) is 2.87. The van der Waals surface area contributed by atoms with Crippen molar-refractivity contribution in [3.63, 3.8) is 0 Å². The highest BCUT2D eigenvalue weighted by Crippen LogP contribution is 2.24. The highest BCUT2D eigenvalue weighted by atomic mass is 16.5. The van der Waals surface area contributed by atoms with E-state index < -0.39 is 17.8 Å². The number of carbonyl (C=O) groups is 3. The van der Waals surface area contributed by atoms with Crippen molar-refractivity contribution < 1.29 is 19.1 Å². The molecule has 0 radical (unpaired) electrons. The number of nitrogens with one attached hydrogen (secondary N) is 1. The van der Waals surface area contributed by atoms with Crippen molar-refractivity contribution in [2.45, 2.75) is 13.8 Å². The molecule has 0 bridgehead atoms. The number of ether oxygens (including phenoxy) is 1. The van der Waals surface area contributed by atoms with Gasteiger partial charge in [-0.05, 0) is 60.9 Å². The minimum atomic E-state index is -0.782. The molecule has 0 spiro atoms. The van der Waals surface area contributed by atoms with Gasteiger partial charge in [-0.25, -0.2) is 9.69 Å². The molecule has 1 aliphatic rings. The lowest BCUT2D eigenvalue weighted by atomic mass is 10.1. The number of nitrogens with zero attached hydrogens (tertiary/aromatic N) is 2. The van der Waals surface area contributed by atoms with E-state index in [1.165, 1.54) is 6.08 Å². The smallest absolute Gasteiger partial charge is 0.335 e. The lowest BCUT2D eigenvalue weighted by Gasteiger charge is -2.26. The fourth-order valence-electron chi connectivity index (χ4n) is 2.70. The molecule has 140 valence electrons. The van der Waals surface area contributed by atoms with Crippen LogP contribution in [0, 0.1) is 25.2 Å². The van der Waals surface area contributed by atoms with Crippen LogP contribution in [0.3, 0.4) is 0 Å². The molecule has 1 heterocycles. The fraction of sp³-hybridized carbons (Fsp3) is 0.143. The van der Waals surface area contributed by atoms with Crippen LogP contribution >= 0.6 is 0 Å². The zero-order valence-electron chi connectivity index (χ0n) is 15.4. The number of imide groups is 2. The van der Waals surface area contributed by atoms with E-state index in [4.69, 9.17) is 10.00 Å². The summed E-state index contributed by atoms with van der Waals surface area (Å²) in [4.78, 5) is 38.3. The van der Waals surface area contributed by atoms with E-state index in [0.717, 1.165) is 16.0 Å². The van der Waals surface area contributed by atoms with Crippen LogP contribution in [0.5, 0.6) is 5.75 Å². The van der Waals surface area contributed by atoms with Crippen LogP contribution in [-0.4, -0.2) is 24.5 Å². The van der Waals surface area contributed by atoms with E-state index in [9.17, 15) is 14.4 Å². The number of hydrogen-bond donors (Lipinski definition) is 1. The average molecular weight is 375 g/mol. The van der Waals surface area contributed by atoms with Gasteiger partial charge >= 0.3 is 6.03 Å². The molecule has 1 fully saturated rings. The van der Waals surface area contributed by atoms with Crippen molar-refractivity contribution in [3.8, 4) is 11.8 Å². The van der Waals surface area contributed by atoms with Gasteiger partial charge in [0.1, 0.15) is 17.4 Å². The molecule has 1 saturated heterocycles. The van der Waals surface area contributed by atoms with E-state index in [1.807, 2.05) is 26.0 Å². The van der Waals surface area contributed by atoms with Crippen LogP contribution < -0.4 is 15.0 Å². The lowest BCUT2D eigenvalue weighted by molar-refractivity contribution is -0.122. The Labute approximate surface area is 161 Å². The molecule has 7 heteroatoms. The third-order valence-electron chi connectivity index (χ3n) is 4.34. The summed E-state index contributed by atoms with van der Waals surface area (Å²) in [6.07, 6.45) is 1.41. The first kappa shape index (κ1) is 18.9. The Balaban J connectivity index is 1.92. The van der Waals surface area contributed by atoms with Gasteiger partial charge in [-0.15, -0.1) is 0 Å². The summed E-state index contributed by atoms with van der Waals surface area (Å²) < 4.78 is 5.17. The molecular weight excluding hydrogens is 358 g/mol. The third kappa shape index (κ3) is 3.76. The summed E-state index contributed by atoms with van der Waals surface area (Å²) in [6, 6.07) is 12.8. The summed E-state index contributed by atoms with van der Waals surface area (Å²) in [7, 11) is 0. The maximum Gasteiger partial charge on any atom is 0.335 e. The van der Waals surface area contributed by atoms with Crippen LogP contribution in [0.15, 0.2) is 48.0 Å². The van der Waals surface area contributed by atoms with E-state index in [-0.39, 0.29) is 12.2 Å². The van der Waals surface area contributed by atoms with Gasteiger partial charge in [-0.1, -0.05) is 18.2 Å². The van der Waals surface area contributed by atoms with Gasteiger partial charge in [-0.3, -0.25) is 14.9 Å². The van der Waals surface area contributed by atoms with Crippen molar-refractivity contribution in [2.24, 2.45) is 0 Å². The summed E-state index contributed by atoms with van der Waals surface area (Å²) in [6.45, 7) is 3.73. The normalized spacial score (nSPS) is 15.4. The quantitative estimate of drug-likeness (QED) is 0.654. The topological polar surface area (TPSA) is 99.5 Å². The van der Waals surface area contributed by atoms with E-state index >= 15 is 0 Å². The monoisotopic (exact) mass is 375 g/mol. The first-order valence-electron chi connectivity index (χ1n) is 8.49. The van der Waals surface area contributed by atoms with Crippen LogP contribution in [0.4, 0.5) is 10.5 Å². The maximum absolute atomic E-state index is 12.9. The number of rotatable bonds is 4. The predicted molar refractivity (Wildman–Crippen MR) is 102 cm³/mol. The number of aryl methyl sites for hydroxylation is 2. The molecular formula is C21H17N3O4. The number of benzene rings is 2. The van der Waals surface area contributed by atoms with Crippen molar-refractivity contribution in [3.05, 3.63) is 64.7 Å². The van der Waals surface area contributed by atoms with E-state index in [0.29, 0.717) is 17.0 Å². The average Bonchev–Trinajstić information content (AvgIpc) is 2.67. The van der Waals surface area contributed by atoms with Gasteiger partial charge in [0.2, 0.25) is 0 Å². The van der Waals surface area contributed by atoms with Crippen LogP contribution in [0.2, 0.25) is 0 Å². The maximum atomic E-state index is 12.9. The highest BCUT2D eigenvalue weighted by molar-refractivity contribution is 6.39. The number of amides is 4. The standard InChI is InChI=1S/C21H17N3O4/c1-13-3-6-16(11-14(13)2)24-20(26)18(19(25)23-21(24)27)12-15-4-7-17(8-5-15)28-10-9-22/h3-8,11-12H,10H2,1-2H3,(H,23,25,27)/b18-12+. The molecule has 0 unspecified atom stereocenters. The van der Waals surface area contributed by atoms with E-state index in [1.54, 1.807) is 36.4 Å². The summed E-state index contributed by atoms with van der Waals surface area (Å²) in [5.74, 6) is -0.947. The van der Waals surface area contributed by atoms with Crippen LogP contribution in [0.1, 0.15) is 16.7 Å². The molecule has 4 amide bonds. The van der Waals surface area contributed by atoms with Crippen molar-refractivity contribution in [1.82, 2.24) is 5.32 Å². The summed E-state index contributed by atoms with van der Waals surface area (Å²) in [5, 5.41) is 10.7. The number of urea groups is 1. The Morgan fingerprint density at radius 1 is 1.07 bits per heavy atom. The van der Waals surface area contributed by atoms with Gasteiger partial charge in [0, 0.05) is 0 Å². The summed E-state index contributed by atoms with van der Waals surface area (Å²) >= 11 is 0. The SMILES string of the molecule is Cc1ccc(N2C(=O)NC(=O)/C(=C\c3ccc(OCC#N)cc3)C2=O)cc1C. The zero-order valence-corrected chi connectivity index (χ0v) is 15.4. The Morgan fingerprint density at radius 2 is 1.79 bits per heavy atom. The van der Waals surface area contributed by atoms with Crippen molar-refractivity contribution >= 4 is 29.6 Å². The highest BCUT2D eigenvalue weighted by Gasteiger charge is 2.36. The Morgan fingerprint density at radius 3 is 2.43 bits per heavy atom. The largest absolute Gasteiger partial charge is 0.479 e. The zero-order chi connectivity index (χ0) is 20.3. The van der Waals surface area contributed by atoms with Gasteiger partial charge in [0.25, 0.3) is 11.8 Å². The van der Waals surface area contributed by atoms with Gasteiger partial charge in [0.05, 0.1) is 5.69 Å². The number of anilines is 1. The molecule has 0 atom stereocenters. The van der Waals surface area contributed by atoms with Gasteiger partial charge in [0.15, 0.2) is 6.61 Å². The molecule has 0 aliphatic carbocycles. The lowest BCUT2D eigenvalue weighted by Crippen LogP contribution is -2.54. The minimum Gasteiger partial charge on any atom is -0.479 e. The van der Waals surface area contributed by atoms with Crippen molar-refractivity contribution in [1.29, 1.82) is 5.26 Å².